The Hall–Kier alpha value is -7.12. The number of hydrogen-bond donors (Lipinski definition) is 18. The molecule has 0 fully saturated rings. The van der Waals surface area contributed by atoms with Gasteiger partial charge in [-0.2, -0.15) is 12.6 Å². The van der Waals surface area contributed by atoms with Crippen LogP contribution in [0.15, 0.2) is 17.5 Å². The van der Waals surface area contributed by atoms with E-state index >= 15 is 0 Å². The molecular formula is C51H89N15O15S. The Bertz CT molecular complexity index is 2300. The number of carboxylic acids is 2. The maximum atomic E-state index is 14.1. The molecular weight excluding hydrogens is 1090 g/mol. The minimum absolute atomic E-state index is 0.00541. The van der Waals surface area contributed by atoms with Crippen LogP contribution < -0.4 is 65.1 Å². The van der Waals surface area contributed by atoms with Crippen LogP contribution in [0.1, 0.15) is 119 Å². The molecule has 1 rings (SSSR count). The van der Waals surface area contributed by atoms with E-state index in [1.807, 2.05) is 13.8 Å². The van der Waals surface area contributed by atoms with Gasteiger partial charge in [-0.1, -0.05) is 55.4 Å². The molecule has 1 heterocycles. The zero-order valence-corrected chi connectivity index (χ0v) is 49.0. The summed E-state index contributed by atoms with van der Waals surface area (Å²) in [7, 11) is 0. The summed E-state index contributed by atoms with van der Waals surface area (Å²) in [6.45, 7) is 14.6. The van der Waals surface area contributed by atoms with Gasteiger partial charge in [-0.05, 0) is 75.5 Å². The van der Waals surface area contributed by atoms with Crippen LogP contribution in [0.5, 0.6) is 0 Å². The summed E-state index contributed by atoms with van der Waals surface area (Å²) in [5, 5.41) is 62.4. The Balaban J connectivity index is 3.43. The molecule has 9 amide bonds. The quantitative estimate of drug-likeness (QED) is 0.0130. The molecule has 0 aromatic carbocycles. The van der Waals surface area contributed by atoms with Crippen molar-refractivity contribution >= 4 is 83.7 Å². The predicted molar refractivity (Wildman–Crippen MR) is 302 cm³/mol. The molecule has 0 saturated carbocycles. The number of rotatable bonds is 39. The number of carbonyl (C=O) groups is 11. The van der Waals surface area contributed by atoms with Crippen molar-refractivity contribution in [2.45, 2.75) is 187 Å². The minimum atomic E-state index is -1.88. The van der Waals surface area contributed by atoms with Crippen molar-refractivity contribution in [1.82, 2.24) is 57.8 Å². The van der Waals surface area contributed by atoms with Crippen LogP contribution in [0, 0.1) is 23.7 Å². The number of nitrogens with zero attached hydrogens (tertiary/aromatic N) is 2. The number of nitrogens with two attached hydrogens (primary N) is 3. The normalized spacial score (nSPS) is 15.4. The highest BCUT2D eigenvalue weighted by atomic mass is 32.1. The highest BCUT2D eigenvalue weighted by molar-refractivity contribution is 7.80. The molecule has 0 aliphatic heterocycles. The Kier molecular flexibility index (Phi) is 33.0. The number of imidazole rings is 1. The fourth-order valence-electron chi connectivity index (χ4n) is 8.07. The number of aliphatic imine (C=N–C) groups is 1. The molecule has 11 atom stereocenters. The van der Waals surface area contributed by atoms with Crippen LogP contribution in [-0.2, 0) is 59.2 Å². The van der Waals surface area contributed by atoms with E-state index in [4.69, 9.17) is 17.2 Å². The summed E-state index contributed by atoms with van der Waals surface area (Å²) in [5.41, 5.74) is 17.0. The highest BCUT2D eigenvalue weighted by Crippen LogP contribution is 2.13. The number of guanidine groups is 1. The maximum absolute atomic E-state index is 14.1. The standard InChI is InChI=1S/C51H89N15O15S/c1-24(2)15-30(52)41(71)64-37(21-67)47(77)62-34(17-26(5)6)44(74)60-35(18-27(7)8)45(75)65-38(22-82)48(78)58-31(12-13-39(69)70)42(72)66-40(28(9)68)49(79)63-36(19-29-20-55-23-57-29)46(76)61-33(16-25(3)4)43(73)59-32(50(80)81)11-10-14-56-51(53)54/h20,23-28,30-38,40,67-68,82H,10-19,21-22,52H2,1-9H3,(H,55,57)(H,58,78)(H,59,73)(H,60,74)(H,61,76)(H,62,77)(H,63,79)(H,64,71)(H,65,75)(H,66,72)(H,69,70)(H,80,81)(H4,53,54,56)/t28-,30+,31+,32+,33+,34+,35+,36+,37+,38+,40+/m1/s1. The Morgan fingerprint density at radius 1 is 0.561 bits per heavy atom. The zero-order valence-electron chi connectivity index (χ0n) is 48.2. The van der Waals surface area contributed by atoms with E-state index in [0.29, 0.717) is 12.1 Å². The number of amides is 9. The summed E-state index contributed by atoms with van der Waals surface area (Å²) >= 11 is 4.22. The molecule has 30 nitrogen and oxygen atoms in total. The molecule has 20 N–H and O–H groups in total. The fourth-order valence-corrected chi connectivity index (χ4v) is 8.33. The zero-order chi connectivity index (χ0) is 62.6. The molecule has 1 aromatic rings. The number of hydrogen-bond acceptors (Lipinski definition) is 17. The third kappa shape index (κ3) is 28.0. The molecule has 31 heteroatoms. The van der Waals surface area contributed by atoms with Gasteiger partial charge in [0.15, 0.2) is 5.96 Å². The largest absolute Gasteiger partial charge is 0.481 e. The van der Waals surface area contributed by atoms with Crippen LogP contribution in [0.2, 0.25) is 0 Å². The van der Waals surface area contributed by atoms with E-state index < -0.39 is 157 Å². The lowest BCUT2D eigenvalue weighted by atomic mass is 9.99. The molecule has 1 aromatic heterocycles. The molecule has 0 unspecified atom stereocenters. The summed E-state index contributed by atoms with van der Waals surface area (Å²) in [6, 6.07) is -14.5. The number of carboxylic acid groups (broad SMARTS) is 2. The number of carbonyl (C=O) groups excluding carboxylic acids is 9. The second-order valence-corrected chi connectivity index (χ2v) is 22.1. The molecule has 0 aliphatic rings. The summed E-state index contributed by atoms with van der Waals surface area (Å²) in [5.74, 6) is -12.5. The van der Waals surface area contributed by atoms with Gasteiger partial charge in [-0.15, -0.1) is 0 Å². The van der Waals surface area contributed by atoms with E-state index in [9.17, 15) is 73.2 Å². The first-order valence-corrected chi connectivity index (χ1v) is 27.8. The predicted octanol–water partition coefficient (Wildman–Crippen LogP) is -3.87. The van der Waals surface area contributed by atoms with Crippen molar-refractivity contribution in [2.24, 2.45) is 45.9 Å². The van der Waals surface area contributed by atoms with Crippen molar-refractivity contribution < 1.29 is 73.2 Å². The lowest BCUT2D eigenvalue weighted by molar-refractivity contribution is -0.142. The number of aromatic amines is 1. The fraction of sp³-hybridized carbons (Fsp3) is 0.706. The molecule has 0 aliphatic carbocycles. The Morgan fingerprint density at radius 2 is 0.976 bits per heavy atom. The number of aliphatic hydroxyl groups is 2. The van der Waals surface area contributed by atoms with Crippen LogP contribution in [0.25, 0.3) is 0 Å². The molecule has 0 bridgehead atoms. The number of H-pyrrole nitrogens is 1. The van der Waals surface area contributed by atoms with Gasteiger partial charge >= 0.3 is 11.9 Å². The average Bonchev–Trinajstić information content (AvgIpc) is 3.94. The van der Waals surface area contributed by atoms with Crippen LogP contribution in [-0.4, -0.2) is 187 Å². The maximum Gasteiger partial charge on any atom is 0.326 e. The van der Waals surface area contributed by atoms with Gasteiger partial charge in [-0.25, -0.2) is 9.78 Å². The number of aromatic nitrogens is 2. The molecule has 0 radical (unpaired) electrons. The minimum Gasteiger partial charge on any atom is -0.481 e. The van der Waals surface area contributed by atoms with Crippen LogP contribution in [0.3, 0.4) is 0 Å². The lowest BCUT2D eigenvalue weighted by Crippen LogP contribution is -2.62. The van der Waals surface area contributed by atoms with Gasteiger partial charge in [-0.3, -0.25) is 52.9 Å². The summed E-state index contributed by atoms with van der Waals surface area (Å²) in [6.07, 6.45) is -0.194. The first-order chi connectivity index (χ1) is 38.3. The molecule has 464 valence electrons. The first kappa shape index (κ1) is 72.9. The number of nitrogens with one attached hydrogen (secondary N) is 10. The average molecular weight is 1180 g/mol. The van der Waals surface area contributed by atoms with Crippen molar-refractivity contribution in [3.8, 4) is 0 Å². The van der Waals surface area contributed by atoms with Crippen molar-refractivity contribution in [2.75, 3.05) is 18.9 Å². The monoisotopic (exact) mass is 1180 g/mol. The third-order valence-corrected chi connectivity index (χ3v) is 12.6. The molecule has 0 saturated heterocycles. The van der Waals surface area contributed by atoms with E-state index in [1.54, 1.807) is 41.5 Å². The summed E-state index contributed by atoms with van der Waals surface area (Å²) in [4.78, 5) is 158. The summed E-state index contributed by atoms with van der Waals surface area (Å²) < 4.78 is 0. The first-order valence-electron chi connectivity index (χ1n) is 27.2. The smallest absolute Gasteiger partial charge is 0.326 e. The van der Waals surface area contributed by atoms with E-state index in [-0.39, 0.29) is 74.7 Å². The second-order valence-electron chi connectivity index (χ2n) is 21.7. The number of aliphatic carboxylic acids is 2. The van der Waals surface area contributed by atoms with Crippen LogP contribution >= 0.6 is 12.6 Å². The van der Waals surface area contributed by atoms with Crippen molar-refractivity contribution in [3.05, 3.63) is 18.2 Å². The van der Waals surface area contributed by atoms with E-state index in [1.165, 1.54) is 12.5 Å². The second kappa shape index (κ2) is 37.1. The Morgan fingerprint density at radius 3 is 1.39 bits per heavy atom. The third-order valence-electron chi connectivity index (χ3n) is 12.2. The SMILES string of the molecule is CC(C)C[C@H](NC(=O)[C@H](Cc1cnc[nH]1)NC(=O)[C@@H](NC(=O)[C@H](CCC(=O)O)NC(=O)[C@H](CS)NC(=O)[C@H](CC(C)C)NC(=O)[C@H](CC(C)C)NC(=O)[C@H](CO)NC(=O)[C@@H](N)CC(C)C)[C@@H](C)O)C(=O)N[C@@H](CCCN=C(N)N)C(=O)O. The van der Waals surface area contributed by atoms with Gasteiger partial charge in [0, 0.05) is 37.0 Å². The van der Waals surface area contributed by atoms with Gasteiger partial charge < -0.3 is 90.5 Å². The van der Waals surface area contributed by atoms with Crippen molar-refractivity contribution in [1.29, 1.82) is 0 Å². The number of aliphatic hydroxyl groups excluding tert-OH is 2. The van der Waals surface area contributed by atoms with Gasteiger partial charge in [0.05, 0.1) is 25.1 Å². The van der Waals surface area contributed by atoms with Gasteiger partial charge in [0.25, 0.3) is 0 Å². The van der Waals surface area contributed by atoms with E-state index in [2.05, 4.69) is 75.4 Å². The molecule has 82 heavy (non-hydrogen) atoms. The highest BCUT2D eigenvalue weighted by Gasteiger charge is 2.37. The van der Waals surface area contributed by atoms with Gasteiger partial charge in [0.1, 0.15) is 54.4 Å². The van der Waals surface area contributed by atoms with Crippen LogP contribution in [0.4, 0.5) is 0 Å². The lowest BCUT2D eigenvalue weighted by Gasteiger charge is -2.29. The van der Waals surface area contributed by atoms with Crippen molar-refractivity contribution in [3.63, 3.8) is 0 Å². The van der Waals surface area contributed by atoms with E-state index in [0.717, 1.165) is 6.92 Å². The Labute approximate surface area is 482 Å². The topological polar surface area (TPSA) is 496 Å². The molecule has 0 spiro atoms. The number of thiol groups is 1. The van der Waals surface area contributed by atoms with Gasteiger partial charge in [0.2, 0.25) is 53.2 Å².